The number of hydrogen-bond acceptors (Lipinski definition) is 4. The van der Waals surface area contributed by atoms with Gasteiger partial charge in [0.1, 0.15) is 5.82 Å². The second kappa shape index (κ2) is 6.25. The molecule has 0 saturated heterocycles. The van der Waals surface area contributed by atoms with Crippen LogP contribution < -0.4 is 10.0 Å². The van der Waals surface area contributed by atoms with Gasteiger partial charge < -0.3 is 5.32 Å². The third-order valence-electron chi connectivity index (χ3n) is 3.16. The largest absolute Gasteiger partial charge is 0.307 e. The van der Waals surface area contributed by atoms with E-state index in [0.717, 1.165) is 5.69 Å². The lowest BCUT2D eigenvalue weighted by Gasteiger charge is -2.10. The number of aryl methyl sites for hydroxylation is 2. The van der Waals surface area contributed by atoms with Crippen molar-refractivity contribution in [1.29, 1.82) is 0 Å². The quantitative estimate of drug-likeness (QED) is 0.900. The number of nitrogens with one attached hydrogen (secondary N) is 2. The summed E-state index contributed by atoms with van der Waals surface area (Å²) in [6.45, 7) is 3.56. The molecule has 1 heterocycles. The Balaban J connectivity index is 2.35. The molecule has 0 spiro atoms. The van der Waals surface area contributed by atoms with Crippen LogP contribution in [-0.2, 0) is 10.0 Å². The van der Waals surface area contributed by atoms with Gasteiger partial charge in [-0.3, -0.25) is 4.79 Å². The van der Waals surface area contributed by atoms with Gasteiger partial charge in [-0.1, -0.05) is 12.1 Å². The summed E-state index contributed by atoms with van der Waals surface area (Å²) < 4.78 is 25.9. The van der Waals surface area contributed by atoms with Crippen molar-refractivity contribution in [2.24, 2.45) is 0 Å². The lowest BCUT2D eigenvalue weighted by molar-refractivity contribution is 0.102. The van der Waals surface area contributed by atoms with E-state index in [1.807, 2.05) is 13.0 Å². The minimum absolute atomic E-state index is 0.0444. The Bertz CT molecular complexity index is 817. The number of benzene rings is 1. The van der Waals surface area contributed by atoms with E-state index in [4.69, 9.17) is 0 Å². The van der Waals surface area contributed by atoms with Gasteiger partial charge in [0.15, 0.2) is 0 Å². The monoisotopic (exact) mass is 319 g/mol. The maximum Gasteiger partial charge on any atom is 0.257 e. The molecule has 2 rings (SSSR count). The van der Waals surface area contributed by atoms with E-state index in [1.165, 1.54) is 19.2 Å². The Kier molecular flexibility index (Phi) is 4.58. The summed E-state index contributed by atoms with van der Waals surface area (Å²) in [5.74, 6) is 0.0232. The second-order valence-electron chi connectivity index (χ2n) is 4.80. The normalized spacial score (nSPS) is 11.2. The third kappa shape index (κ3) is 3.49. The highest BCUT2D eigenvalue weighted by molar-refractivity contribution is 7.89. The molecule has 1 aromatic heterocycles. The molecule has 0 radical (unpaired) electrons. The number of hydrogen-bond donors (Lipinski definition) is 2. The highest BCUT2D eigenvalue weighted by Gasteiger charge is 2.16. The van der Waals surface area contributed by atoms with Gasteiger partial charge in [0.25, 0.3) is 5.91 Å². The summed E-state index contributed by atoms with van der Waals surface area (Å²) in [5.41, 5.74) is 1.75. The molecular formula is C15H17N3O3S. The Hall–Kier alpha value is -2.25. The zero-order valence-electron chi connectivity index (χ0n) is 12.5. The molecule has 0 aliphatic carbocycles. The van der Waals surface area contributed by atoms with Crippen molar-refractivity contribution >= 4 is 21.7 Å². The summed E-state index contributed by atoms with van der Waals surface area (Å²) in [6.07, 6.45) is 0. The molecule has 0 saturated carbocycles. The van der Waals surface area contributed by atoms with Crippen molar-refractivity contribution in [2.75, 3.05) is 12.4 Å². The second-order valence-corrected chi connectivity index (χ2v) is 6.69. The van der Waals surface area contributed by atoms with Crippen LogP contribution in [0.3, 0.4) is 0 Å². The topological polar surface area (TPSA) is 88.2 Å². The average molecular weight is 319 g/mol. The lowest BCUT2D eigenvalue weighted by Crippen LogP contribution is -2.20. The third-order valence-corrected chi connectivity index (χ3v) is 4.57. The van der Waals surface area contributed by atoms with Gasteiger partial charge in [-0.05, 0) is 50.7 Å². The zero-order chi connectivity index (χ0) is 16.3. The lowest BCUT2D eigenvalue weighted by atomic mass is 10.1. The van der Waals surface area contributed by atoms with E-state index in [-0.39, 0.29) is 4.90 Å². The number of rotatable bonds is 4. The molecule has 0 aliphatic heterocycles. The highest BCUT2D eigenvalue weighted by atomic mass is 32.2. The van der Waals surface area contributed by atoms with Crippen LogP contribution in [0, 0.1) is 13.8 Å². The Labute approximate surface area is 129 Å². The van der Waals surface area contributed by atoms with Crippen LogP contribution in [0.5, 0.6) is 0 Å². The van der Waals surface area contributed by atoms with E-state index in [0.29, 0.717) is 16.9 Å². The molecule has 0 fully saturated rings. The van der Waals surface area contributed by atoms with Crippen LogP contribution in [0.1, 0.15) is 21.6 Å². The molecule has 1 amide bonds. The van der Waals surface area contributed by atoms with Crippen LogP contribution in [0.4, 0.5) is 5.82 Å². The highest BCUT2D eigenvalue weighted by Crippen LogP contribution is 2.17. The van der Waals surface area contributed by atoms with E-state index < -0.39 is 15.9 Å². The number of sulfonamides is 1. The molecule has 116 valence electrons. The van der Waals surface area contributed by atoms with Gasteiger partial charge >= 0.3 is 0 Å². The molecule has 7 heteroatoms. The maximum absolute atomic E-state index is 12.3. The molecule has 1 aromatic carbocycles. The Morgan fingerprint density at radius 3 is 2.50 bits per heavy atom. The number of anilines is 1. The molecule has 22 heavy (non-hydrogen) atoms. The van der Waals surface area contributed by atoms with Gasteiger partial charge in [0.2, 0.25) is 10.0 Å². The van der Waals surface area contributed by atoms with E-state index in [1.54, 1.807) is 25.1 Å². The number of nitrogens with zero attached hydrogens (tertiary/aromatic N) is 1. The first-order valence-corrected chi connectivity index (χ1v) is 8.11. The Morgan fingerprint density at radius 1 is 1.14 bits per heavy atom. The number of pyridine rings is 1. The molecule has 0 atom stereocenters. The fourth-order valence-electron chi connectivity index (χ4n) is 1.93. The van der Waals surface area contributed by atoms with Crippen molar-refractivity contribution < 1.29 is 13.2 Å². The van der Waals surface area contributed by atoms with Crippen LogP contribution in [-0.4, -0.2) is 26.4 Å². The van der Waals surface area contributed by atoms with Gasteiger partial charge in [-0.2, -0.15) is 0 Å². The SMILES string of the molecule is CNS(=O)(=O)c1ccc(C)c(C(=O)Nc2cccc(C)n2)c1. The van der Waals surface area contributed by atoms with Crippen LogP contribution in [0.2, 0.25) is 0 Å². The van der Waals surface area contributed by atoms with E-state index in [2.05, 4.69) is 15.0 Å². The number of carbonyl (C=O) groups excluding carboxylic acids is 1. The Morgan fingerprint density at radius 2 is 1.86 bits per heavy atom. The summed E-state index contributed by atoms with van der Waals surface area (Å²) >= 11 is 0. The number of aromatic nitrogens is 1. The molecule has 0 unspecified atom stereocenters. The molecule has 2 N–H and O–H groups in total. The predicted molar refractivity (Wildman–Crippen MR) is 84.4 cm³/mol. The number of amides is 1. The van der Waals surface area contributed by atoms with Gasteiger partial charge in [0.05, 0.1) is 4.90 Å². The molecule has 2 aromatic rings. The van der Waals surface area contributed by atoms with Gasteiger partial charge in [0, 0.05) is 11.3 Å². The van der Waals surface area contributed by atoms with Crippen molar-refractivity contribution in [3.63, 3.8) is 0 Å². The van der Waals surface area contributed by atoms with Gasteiger partial charge in [-0.15, -0.1) is 0 Å². The first-order chi connectivity index (χ1) is 10.3. The first kappa shape index (κ1) is 16.1. The average Bonchev–Trinajstić information content (AvgIpc) is 2.47. The van der Waals surface area contributed by atoms with Crippen molar-refractivity contribution in [3.8, 4) is 0 Å². The van der Waals surface area contributed by atoms with E-state index in [9.17, 15) is 13.2 Å². The smallest absolute Gasteiger partial charge is 0.257 e. The van der Waals surface area contributed by atoms with Crippen molar-refractivity contribution in [2.45, 2.75) is 18.7 Å². The fourth-order valence-corrected chi connectivity index (χ4v) is 2.68. The predicted octanol–water partition coefficient (Wildman–Crippen LogP) is 1.86. The molecule has 0 aliphatic rings. The summed E-state index contributed by atoms with van der Waals surface area (Å²) in [5, 5.41) is 2.67. The van der Waals surface area contributed by atoms with Crippen molar-refractivity contribution in [3.05, 3.63) is 53.2 Å². The summed E-state index contributed by atoms with van der Waals surface area (Å²) in [6, 6.07) is 9.69. The maximum atomic E-state index is 12.3. The zero-order valence-corrected chi connectivity index (χ0v) is 13.4. The molecule has 0 bridgehead atoms. The summed E-state index contributed by atoms with van der Waals surface area (Å²) in [7, 11) is -2.27. The minimum Gasteiger partial charge on any atom is -0.307 e. The van der Waals surface area contributed by atoms with Crippen molar-refractivity contribution in [1.82, 2.24) is 9.71 Å². The van der Waals surface area contributed by atoms with Crippen LogP contribution in [0.15, 0.2) is 41.3 Å². The number of carbonyl (C=O) groups is 1. The van der Waals surface area contributed by atoms with Crippen LogP contribution in [0.25, 0.3) is 0 Å². The first-order valence-electron chi connectivity index (χ1n) is 6.62. The van der Waals surface area contributed by atoms with Crippen LogP contribution >= 0.6 is 0 Å². The summed E-state index contributed by atoms with van der Waals surface area (Å²) in [4.78, 5) is 16.6. The standard InChI is InChI=1S/C15H17N3O3S/c1-10-7-8-12(22(20,21)16-3)9-13(10)15(19)18-14-6-4-5-11(2)17-14/h4-9,16H,1-3H3,(H,17,18,19). The fraction of sp³-hybridized carbons (Fsp3) is 0.200. The van der Waals surface area contributed by atoms with E-state index >= 15 is 0 Å². The minimum atomic E-state index is -3.60. The molecular weight excluding hydrogens is 302 g/mol. The van der Waals surface area contributed by atoms with Gasteiger partial charge in [-0.25, -0.2) is 18.1 Å². The molecule has 6 nitrogen and oxygen atoms in total.